The average molecular weight is 242 g/mol. The van der Waals surface area contributed by atoms with E-state index in [1.807, 2.05) is 12.1 Å². The predicted octanol–water partition coefficient (Wildman–Crippen LogP) is 2.61. The van der Waals surface area contributed by atoms with Crippen LogP contribution in [0.2, 0.25) is 0 Å². The molecule has 0 aliphatic carbocycles. The first-order valence-electron chi connectivity index (χ1n) is 4.78. The van der Waals surface area contributed by atoms with E-state index >= 15 is 0 Å². The highest BCUT2D eigenvalue weighted by Gasteiger charge is 2.05. The monoisotopic (exact) mass is 241 g/mol. The fourth-order valence-electron chi connectivity index (χ4n) is 1.29. The quantitative estimate of drug-likeness (QED) is 0.501. The molecule has 0 spiro atoms. The lowest BCUT2D eigenvalue weighted by molar-refractivity contribution is -0.131. The zero-order valence-corrected chi connectivity index (χ0v) is 10.00. The molecule has 3 nitrogen and oxygen atoms in total. The third kappa shape index (κ3) is 4.47. The highest BCUT2D eigenvalue weighted by Crippen LogP contribution is 2.20. The lowest BCUT2D eigenvalue weighted by Crippen LogP contribution is -2.09. The van der Waals surface area contributed by atoms with Crippen LogP contribution in [-0.4, -0.2) is 5.97 Å². The summed E-state index contributed by atoms with van der Waals surface area (Å²) in [5, 5.41) is 0. The Kier molecular flexibility index (Phi) is 6.46. The highest BCUT2D eigenvalue weighted by atomic mass is 35.5. The molecule has 1 atom stereocenters. The molecule has 1 aromatic carbocycles. The van der Waals surface area contributed by atoms with Gasteiger partial charge in [-0.1, -0.05) is 18.2 Å². The molecule has 0 saturated carbocycles. The lowest BCUT2D eigenvalue weighted by atomic mass is 10.0. The molecule has 0 unspecified atom stereocenters. The minimum atomic E-state index is -0.329. The zero-order valence-electron chi connectivity index (χ0n) is 9.18. The van der Waals surface area contributed by atoms with E-state index in [0.717, 1.165) is 5.56 Å². The molecule has 0 aromatic heterocycles. The van der Waals surface area contributed by atoms with Gasteiger partial charge >= 0.3 is 5.97 Å². The summed E-state index contributed by atoms with van der Waals surface area (Å²) in [5.74, 6) is 0.198. The van der Waals surface area contributed by atoms with Crippen LogP contribution in [0, 0.1) is 0 Å². The van der Waals surface area contributed by atoms with Crippen LogP contribution >= 0.6 is 12.4 Å². The molecule has 4 heteroatoms. The zero-order chi connectivity index (χ0) is 11.3. The first-order valence-corrected chi connectivity index (χ1v) is 4.78. The topological polar surface area (TPSA) is 52.3 Å². The van der Waals surface area contributed by atoms with Gasteiger partial charge in [0.05, 0.1) is 0 Å². The summed E-state index contributed by atoms with van der Waals surface area (Å²) in [5.41, 5.74) is 6.83. The second-order valence-corrected chi connectivity index (χ2v) is 3.30. The summed E-state index contributed by atoms with van der Waals surface area (Å²) in [6.45, 7) is 5.00. The molecule has 0 heterocycles. The van der Waals surface area contributed by atoms with Crippen molar-refractivity contribution in [2.24, 2.45) is 5.73 Å². The maximum atomic E-state index is 10.8. The molecule has 0 aliphatic rings. The van der Waals surface area contributed by atoms with Crippen molar-refractivity contribution in [1.29, 1.82) is 0 Å². The molecule has 0 saturated heterocycles. The van der Waals surface area contributed by atoms with Crippen molar-refractivity contribution in [3.8, 4) is 5.75 Å². The summed E-state index contributed by atoms with van der Waals surface area (Å²) < 4.78 is 4.96. The van der Waals surface area contributed by atoms with E-state index in [-0.39, 0.29) is 24.4 Å². The van der Waals surface area contributed by atoms with Gasteiger partial charge in [-0.05, 0) is 24.1 Å². The fraction of sp³-hybridized carbons (Fsp3) is 0.250. The smallest absolute Gasteiger partial charge is 0.308 e. The molecule has 16 heavy (non-hydrogen) atoms. The van der Waals surface area contributed by atoms with Crippen LogP contribution in [0.1, 0.15) is 24.9 Å². The van der Waals surface area contributed by atoms with Gasteiger partial charge in [-0.2, -0.15) is 0 Å². The Hall–Kier alpha value is -1.32. The summed E-state index contributed by atoms with van der Waals surface area (Å²) >= 11 is 0. The maximum Gasteiger partial charge on any atom is 0.308 e. The van der Waals surface area contributed by atoms with Gasteiger partial charge in [-0.15, -0.1) is 19.0 Å². The Labute approximate surface area is 102 Å². The van der Waals surface area contributed by atoms with Gasteiger partial charge in [0.2, 0.25) is 0 Å². The molecule has 0 fully saturated rings. The van der Waals surface area contributed by atoms with Gasteiger partial charge in [0.1, 0.15) is 5.75 Å². The lowest BCUT2D eigenvalue weighted by Gasteiger charge is -2.10. The largest absolute Gasteiger partial charge is 0.427 e. The number of carbonyl (C=O) groups excluding carboxylic acids is 1. The van der Waals surface area contributed by atoms with Crippen LogP contribution in [0.15, 0.2) is 36.9 Å². The molecule has 1 aromatic rings. The Balaban J connectivity index is 0.00000225. The van der Waals surface area contributed by atoms with E-state index < -0.39 is 0 Å². The summed E-state index contributed by atoms with van der Waals surface area (Å²) in [6.07, 6.45) is 2.46. The second kappa shape index (κ2) is 7.04. The number of rotatable bonds is 4. The number of benzene rings is 1. The number of ether oxygens (including phenoxy) is 1. The molecule has 0 aliphatic heterocycles. The van der Waals surface area contributed by atoms with E-state index in [9.17, 15) is 4.79 Å². The minimum Gasteiger partial charge on any atom is -0.427 e. The van der Waals surface area contributed by atoms with Crippen molar-refractivity contribution in [3.05, 3.63) is 42.5 Å². The summed E-state index contributed by atoms with van der Waals surface area (Å²) in [7, 11) is 0. The number of halogens is 1. The first kappa shape index (κ1) is 14.7. The molecule has 1 rings (SSSR count). The van der Waals surface area contributed by atoms with Gasteiger partial charge < -0.3 is 10.5 Å². The Bertz CT molecular complexity index is 366. The summed E-state index contributed by atoms with van der Waals surface area (Å²) in [6, 6.07) is 7.12. The van der Waals surface area contributed by atoms with E-state index in [1.54, 1.807) is 18.2 Å². The Morgan fingerprint density at radius 2 is 2.31 bits per heavy atom. The van der Waals surface area contributed by atoms with Gasteiger partial charge in [-0.3, -0.25) is 4.79 Å². The molecule has 0 amide bonds. The number of nitrogens with two attached hydrogens (primary N) is 1. The fourth-order valence-corrected chi connectivity index (χ4v) is 1.29. The van der Waals surface area contributed by atoms with Crippen LogP contribution in [0.25, 0.3) is 0 Å². The standard InChI is InChI=1S/C12H15NO2.ClH/c1-3-5-12(13)10-6-4-7-11(8-10)15-9(2)14;/h3-4,6-8,12H,1,5,13H2,2H3;1H/t12-;/m0./s1. The van der Waals surface area contributed by atoms with Crippen LogP contribution in [-0.2, 0) is 4.79 Å². The van der Waals surface area contributed by atoms with Crippen LogP contribution in [0.4, 0.5) is 0 Å². The van der Waals surface area contributed by atoms with Gasteiger partial charge in [0, 0.05) is 13.0 Å². The first-order chi connectivity index (χ1) is 7.13. The average Bonchev–Trinajstić information content (AvgIpc) is 2.17. The summed E-state index contributed by atoms with van der Waals surface area (Å²) in [4.78, 5) is 10.8. The van der Waals surface area contributed by atoms with Crippen LogP contribution < -0.4 is 10.5 Å². The highest BCUT2D eigenvalue weighted by molar-refractivity contribution is 5.85. The van der Waals surface area contributed by atoms with Crippen molar-refractivity contribution in [3.63, 3.8) is 0 Å². The SMILES string of the molecule is C=CC[C@H](N)c1cccc(OC(C)=O)c1.Cl. The molecule has 2 N–H and O–H groups in total. The van der Waals surface area contributed by atoms with Crippen molar-refractivity contribution in [1.82, 2.24) is 0 Å². The van der Waals surface area contributed by atoms with Crippen molar-refractivity contribution in [2.75, 3.05) is 0 Å². The molecule has 88 valence electrons. The second-order valence-electron chi connectivity index (χ2n) is 3.30. The third-order valence-electron chi connectivity index (χ3n) is 1.97. The number of hydrogen-bond donors (Lipinski definition) is 1. The predicted molar refractivity (Wildman–Crippen MR) is 66.7 cm³/mol. The van der Waals surface area contributed by atoms with Crippen molar-refractivity contribution >= 4 is 18.4 Å². The van der Waals surface area contributed by atoms with Gasteiger partial charge in [-0.25, -0.2) is 0 Å². The molecular formula is C12H16ClNO2. The van der Waals surface area contributed by atoms with E-state index in [2.05, 4.69) is 6.58 Å². The molecule has 0 radical (unpaired) electrons. The van der Waals surface area contributed by atoms with Gasteiger partial charge in [0.15, 0.2) is 0 Å². The number of hydrogen-bond acceptors (Lipinski definition) is 3. The van der Waals surface area contributed by atoms with Crippen LogP contribution in [0.3, 0.4) is 0 Å². The van der Waals surface area contributed by atoms with Crippen molar-refractivity contribution < 1.29 is 9.53 Å². The minimum absolute atomic E-state index is 0. The third-order valence-corrected chi connectivity index (χ3v) is 1.97. The molecular weight excluding hydrogens is 226 g/mol. The Morgan fingerprint density at radius 1 is 1.62 bits per heavy atom. The normalized spacial score (nSPS) is 11.1. The molecule has 0 bridgehead atoms. The maximum absolute atomic E-state index is 10.8. The number of carbonyl (C=O) groups is 1. The number of esters is 1. The van der Waals surface area contributed by atoms with E-state index in [1.165, 1.54) is 6.92 Å². The van der Waals surface area contributed by atoms with E-state index in [0.29, 0.717) is 12.2 Å². The van der Waals surface area contributed by atoms with Crippen molar-refractivity contribution in [2.45, 2.75) is 19.4 Å². The van der Waals surface area contributed by atoms with E-state index in [4.69, 9.17) is 10.5 Å². The van der Waals surface area contributed by atoms with Gasteiger partial charge in [0.25, 0.3) is 0 Å². The van der Waals surface area contributed by atoms with Crippen LogP contribution in [0.5, 0.6) is 5.75 Å². The Morgan fingerprint density at radius 3 is 2.88 bits per heavy atom.